The summed E-state index contributed by atoms with van der Waals surface area (Å²) in [6, 6.07) is 5.44. The molecular formula is C12H21N3O3S. The van der Waals surface area contributed by atoms with Crippen LogP contribution in [0.1, 0.15) is 12.6 Å². The fraction of sp³-hybridized carbons (Fsp3) is 0.583. The second-order valence-electron chi connectivity index (χ2n) is 4.34. The van der Waals surface area contributed by atoms with Gasteiger partial charge in [0.1, 0.15) is 0 Å². The number of sulfonamides is 1. The second-order valence-corrected chi connectivity index (χ2v) is 6.26. The lowest BCUT2D eigenvalue weighted by Gasteiger charge is -2.08. The van der Waals surface area contributed by atoms with Crippen molar-refractivity contribution in [3.63, 3.8) is 0 Å². The number of aliphatic hydroxyl groups excluding tert-OH is 1. The third kappa shape index (κ3) is 7.89. The van der Waals surface area contributed by atoms with Gasteiger partial charge in [-0.05, 0) is 19.1 Å². The van der Waals surface area contributed by atoms with Crippen LogP contribution in [0.5, 0.6) is 0 Å². The third-order valence-electron chi connectivity index (χ3n) is 2.42. The Morgan fingerprint density at radius 1 is 1.37 bits per heavy atom. The summed E-state index contributed by atoms with van der Waals surface area (Å²) in [6.45, 7) is 2.94. The Morgan fingerprint density at radius 2 is 2.16 bits per heavy atom. The van der Waals surface area contributed by atoms with E-state index >= 15 is 0 Å². The maximum absolute atomic E-state index is 11.7. The first-order valence-electron chi connectivity index (χ1n) is 6.25. The fourth-order valence-electron chi connectivity index (χ4n) is 1.46. The Morgan fingerprint density at radius 3 is 2.79 bits per heavy atom. The lowest BCUT2D eigenvalue weighted by atomic mass is 10.3. The highest BCUT2D eigenvalue weighted by atomic mass is 32.2. The SMILES string of the molecule is CC(O)CNCCNS(=O)(=O)CCc1ccccn1. The first-order chi connectivity index (χ1) is 8.99. The lowest BCUT2D eigenvalue weighted by molar-refractivity contribution is 0.192. The maximum atomic E-state index is 11.7. The van der Waals surface area contributed by atoms with Crippen LogP contribution in [-0.4, -0.2) is 50.0 Å². The number of nitrogens with one attached hydrogen (secondary N) is 2. The van der Waals surface area contributed by atoms with Gasteiger partial charge in [0, 0.05) is 37.9 Å². The topological polar surface area (TPSA) is 91.3 Å². The largest absolute Gasteiger partial charge is 0.392 e. The average Bonchev–Trinajstić information content (AvgIpc) is 2.37. The Hall–Kier alpha value is -1.02. The van der Waals surface area contributed by atoms with Crippen molar-refractivity contribution in [3.05, 3.63) is 30.1 Å². The number of aryl methyl sites for hydroxylation is 1. The van der Waals surface area contributed by atoms with Gasteiger partial charge in [-0.3, -0.25) is 4.98 Å². The summed E-state index contributed by atoms with van der Waals surface area (Å²) in [6.07, 6.45) is 1.62. The molecular weight excluding hydrogens is 266 g/mol. The minimum atomic E-state index is -3.27. The van der Waals surface area contributed by atoms with E-state index in [0.717, 1.165) is 5.69 Å². The summed E-state index contributed by atoms with van der Waals surface area (Å²) < 4.78 is 25.9. The molecule has 0 aliphatic heterocycles. The van der Waals surface area contributed by atoms with Crippen LogP contribution in [0.4, 0.5) is 0 Å². The smallest absolute Gasteiger partial charge is 0.212 e. The van der Waals surface area contributed by atoms with Crippen molar-refractivity contribution in [1.82, 2.24) is 15.0 Å². The molecule has 0 amide bonds. The number of nitrogens with zero attached hydrogens (tertiary/aromatic N) is 1. The number of pyridine rings is 1. The summed E-state index contributed by atoms with van der Waals surface area (Å²) in [7, 11) is -3.27. The van der Waals surface area contributed by atoms with E-state index < -0.39 is 16.1 Å². The number of aromatic nitrogens is 1. The molecule has 6 nitrogen and oxygen atoms in total. The molecule has 3 N–H and O–H groups in total. The van der Waals surface area contributed by atoms with E-state index in [1.165, 1.54) is 0 Å². The molecule has 1 unspecified atom stereocenters. The van der Waals surface area contributed by atoms with Crippen molar-refractivity contribution in [2.45, 2.75) is 19.4 Å². The molecule has 1 aromatic heterocycles. The minimum Gasteiger partial charge on any atom is -0.392 e. The molecule has 108 valence electrons. The zero-order valence-corrected chi connectivity index (χ0v) is 11.9. The molecule has 0 saturated heterocycles. The van der Waals surface area contributed by atoms with Crippen LogP contribution in [0.3, 0.4) is 0 Å². The van der Waals surface area contributed by atoms with Crippen molar-refractivity contribution >= 4 is 10.0 Å². The van der Waals surface area contributed by atoms with Gasteiger partial charge in [-0.1, -0.05) is 6.07 Å². The normalized spacial score (nSPS) is 13.4. The van der Waals surface area contributed by atoms with Crippen molar-refractivity contribution in [1.29, 1.82) is 0 Å². The number of rotatable bonds is 9. The number of hydrogen-bond donors (Lipinski definition) is 3. The molecule has 0 fully saturated rings. The molecule has 19 heavy (non-hydrogen) atoms. The van der Waals surface area contributed by atoms with Crippen molar-refractivity contribution in [2.75, 3.05) is 25.4 Å². The molecule has 0 spiro atoms. The number of hydrogen-bond acceptors (Lipinski definition) is 5. The molecule has 7 heteroatoms. The highest BCUT2D eigenvalue weighted by molar-refractivity contribution is 7.89. The van der Waals surface area contributed by atoms with Crippen molar-refractivity contribution in [2.24, 2.45) is 0 Å². The first kappa shape index (κ1) is 16.0. The molecule has 1 atom stereocenters. The molecule has 0 saturated carbocycles. The van der Waals surface area contributed by atoms with Gasteiger partial charge in [-0.2, -0.15) is 0 Å². The van der Waals surface area contributed by atoms with Gasteiger partial charge in [0.05, 0.1) is 11.9 Å². The monoisotopic (exact) mass is 287 g/mol. The molecule has 0 aromatic carbocycles. The van der Waals surface area contributed by atoms with E-state index in [1.54, 1.807) is 25.3 Å². The Labute approximate surface area is 114 Å². The lowest BCUT2D eigenvalue weighted by Crippen LogP contribution is -2.35. The fourth-order valence-corrected chi connectivity index (χ4v) is 2.50. The van der Waals surface area contributed by atoms with E-state index in [4.69, 9.17) is 5.11 Å². The zero-order chi connectivity index (χ0) is 14.1. The molecule has 1 heterocycles. The van der Waals surface area contributed by atoms with Crippen molar-refractivity contribution in [3.8, 4) is 0 Å². The summed E-state index contributed by atoms with van der Waals surface area (Å²) in [5.41, 5.74) is 0.764. The Kier molecular flexibility index (Phi) is 6.93. The van der Waals surface area contributed by atoms with Crippen LogP contribution in [0.25, 0.3) is 0 Å². The molecule has 0 radical (unpaired) electrons. The van der Waals surface area contributed by atoms with Gasteiger partial charge in [0.2, 0.25) is 10.0 Å². The molecule has 0 aliphatic rings. The maximum Gasteiger partial charge on any atom is 0.212 e. The Balaban J connectivity index is 2.21. The minimum absolute atomic E-state index is 0.0282. The quantitative estimate of drug-likeness (QED) is 0.533. The molecule has 0 bridgehead atoms. The van der Waals surface area contributed by atoms with E-state index in [-0.39, 0.29) is 5.75 Å². The summed E-state index contributed by atoms with van der Waals surface area (Å²) >= 11 is 0. The van der Waals surface area contributed by atoms with Crippen LogP contribution in [0, 0.1) is 0 Å². The first-order valence-corrected chi connectivity index (χ1v) is 7.91. The Bertz CT molecular complexity index is 449. The highest BCUT2D eigenvalue weighted by Crippen LogP contribution is 1.97. The molecule has 1 rings (SSSR count). The van der Waals surface area contributed by atoms with Crippen molar-refractivity contribution < 1.29 is 13.5 Å². The van der Waals surface area contributed by atoms with Gasteiger partial charge in [-0.25, -0.2) is 13.1 Å². The summed E-state index contributed by atoms with van der Waals surface area (Å²) in [5.74, 6) is 0.0282. The summed E-state index contributed by atoms with van der Waals surface area (Å²) in [5, 5.41) is 12.0. The third-order valence-corrected chi connectivity index (χ3v) is 3.80. The van der Waals surface area contributed by atoms with E-state index in [0.29, 0.717) is 26.1 Å². The number of aliphatic hydroxyl groups is 1. The highest BCUT2D eigenvalue weighted by Gasteiger charge is 2.09. The van der Waals surface area contributed by atoms with Crippen LogP contribution in [0.15, 0.2) is 24.4 Å². The van der Waals surface area contributed by atoms with E-state index in [2.05, 4.69) is 15.0 Å². The van der Waals surface area contributed by atoms with Crippen LogP contribution in [0.2, 0.25) is 0 Å². The van der Waals surface area contributed by atoms with Gasteiger partial charge in [0.15, 0.2) is 0 Å². The van der Waals surface area contributed by atoms with Gasteiger partial charge < -0.3 is 10.4 Å². The van der Waals surface area contributed by atoms with E-state index in [1.807, 2.05) is 6.07 Å². The average molecular weight is 287 g/mol. The van der Waals surface area contributed by atoms with Crippen LogP contribution in [-0.2, 0) is 16.4 Å². The predicted molar refractivity (Wildman–Crippen MR) is 74.3 cm³/mol. The van der Waals surface area contributed by atoms with Crippen LogP contribution < -0.4 is 10.0 Å². The predicted octanol–water partition coefficient (Wildman–Crippen LogP) is -0.486. The zero-order valence-electron chi connectivity index (χ0n) is 11.0. The second kappa shape index (κ2) is 8.21. The van der Waals surface area contributed by atoms with Crippen LogP contribution >= 0.6 is 0 Å². The molecule has 0 aliphatic carbocycles. The van der Waals surface area contributed by atoms with E-state index in [9.17, 15) is 8.42 Å². The van der Waals surface area contributed by atoms with Gasteiger partial charge in [-0.15, -0.1) is 0 Å². The molecule has 1 aromatic rings. The van der Waals surface area contributed by atoms with Gasteiger partial charge >= 0.3 is 0 Å². The standard InChI is InChI=1S/C12H21N3O3S/c1-11(16)10-13-7-8-15-19(17,18)9-5-12-4-2-3-6-14-12/h2-4,6,11,13,15-16H,5,7-10H2,1H3. The summed E-state index contributed by atoms with van der Waals surface area (Å²) in [4.78, 5) is 4.08. The van der Waals surface area contributed by atoms with Gasteiger partial charge in [0.25, 0.3) is 0 Å².